The van der Waals surface area contributed by atoms with Crippen LogP contribution in [-0.2, 0) is 27.3 Å². The largest absolute Gasteiger partial charge is 0.357 e. The highest BCUT2D eigenvalue weighted by Crippen LogP contribution is 2.52. The fourth-order valence-corrected chi connectivity index (χ4v) is 5.77. The number of imide groups is 1. The fourth-order valence-electron chi connectivity index (χ4n) is 5.77. The van der Waals surface area contributed by atoms with E-state index >= 15 is 0 Å². The second-order valence-electron chi connectivity index (χ2n) is 9.28. The second-order valence-corrected chi connectivity index (χ2v) is 9.28. The van der Waals surface area contributed by atoms with E-state index in [1.54, 1.807) is 0 Å². The van der Waals surface area contributed by atoms with Crippen molar-refractivity contribution in [2.45, 2.75) is 26.3 Å². The molecule has 8 heteroatoms. The van der Waals surface area contributed by atoms with Crippen molar-refractivity contribution in [2.24, 2.45) is 28.7 Å². The van der Waals surface area contributed by atoms with E-state index in [1.807, 2.05) is 24.0 Å². The van der Waals surface area contributed by atoms with Crippen LogP contribution in [-0.4, -0.2) is 66.2 Å². The predicted octanol–water partition coefficient (Wildman–Crippen LogP) is 0.934. The Morgan fingerprint density at radius 1 is 1.06 bits per heavy atom. The minimum Gasteiger partial charge on any atom is -0.357 e. The third-order valence-electron chi connectivity index (χ3n) is 7.39. The lowest BCUT2D eigenvalue weighted by atomic mass is 9.85. The summed E-state index contributed by atoms with van der Waals surface area (Å²) in [5.41, 5.74) is 2.50. The number of allylic oxidation sites excluding steroid dienone is 2. The second kappa shape index (κ2) is 9.00. The van der Waals surface area contributed by atoms with Gasteiger partial charge in [-0.1, -0.05) is 36.4 Å². The molecule has 4 aliphatic rings. The van der Waals surface area contributed by atoms with Gasteiger partial charge in [-0.05, 0) is 42.7 Å². The Kier molecular flexibility index (Phi) is 5.91. The number of rotatable bonds is 6. The van der Waals surface area contributed by atoms with Gasteiger partial charge < -0.3 is 15.5 Å². The molecule has 2 aliphatic heterocycles. The number of hydrogen-bond acceptors (Lipinski definition) is 4. The molecule has 2 fully saturated rings. The number of nitrogens with one attached hydrogen (secondary N) is 2. The number of benzene rings is 1. The number of fused-ring (bicyclic) bond motifs is 6. The van der Waals surface area contributed by atoms with Crippen molar-refractivity contribution in [3.63, 3.8) is 0 Å². The van der Waals surface area contributed by atoms with Gasteiger partial charge in [0, 0.05) is 32.7 Å². The molecule has 2 bridgehead atoms. The number of carbonyl (C=O) groups excluding carboxylic acids is 3. The monoisotopic (exact) mass is 449 g/mol. The molecule has 2 aliphatic carbocycles. The average Bonchev–Trinajstić information content (AvgIpc) is 3.51. The molecule has 1 aromatic rings. The maximum absolute atomic E-state index is 12.8. The van der Waals surface area contributed by atoms with Gasteiger partial charge in [-0.2, -0.15) is 0 Å². The Balaban J connectivity index is 1.14. The Hall–Kier alpha value is -3.16. The van der Waals surface area contributed by atoms with Crippen molar-refractivity contribution in [2.75, 3.05) is 32.7 Å². The molecule has 2 heterocycles. The number of likely N-dealkylation sites (tertiary alicyclic amines) is 1. The maximum Gasteiger partial charge on any atom is 0.244 e. The first-order valence-electron chi connectivity index (χ1n) is 12.0. The van der Waals surface area contributed by atoms with Crippen LogP contribution in [0.3, 0.4) is 0 Å². The molecular formula is C25H31N5O3. The molecule has 0 aromatic heterocycles. The topological polar surface area (TPSA) is 94.1 Å². The van der Waals surface area contributed by atoms with Crippen molar-refractivity contribution >= 4 is 23.7 Å². The Labute approximate surface area is 194 Å². The molecule has 1 aromatic carbocycles. The normalized spacial score (nSPS) is 27.7. The van der Waals surface area contributed by atoms with Crippen LogP contribution in [0.2, 0.25) is 0 Å². The van der Waals surface area contributed by atoms with E-state index in [0.29, 0.717) is 38.7 Å². The molecule has 3 amide bonds. The number of amides is 3. The molecular weight excluding hydrogens is 418 g/mol. The molecule has 0 radical (unpaired) electrons. The van der Waals surface area contributed by atoms with Crippen LogP contribution in [0.1, 0.15) is 24.5 Å². The van der Waals surface area contributed by atoms with Gasteiger partial charge in [-0.25, -0.2) is 4.99 Å². The van der Waals surface area contributed by atoms with Gasteiger partial charge in [0.25, 0.3) is 0 Å². The van der Waals surface area contributed by atoms with Crippen molar-refractivity contribution in [3.05, 3.63) is 47.5 Å². The maximum atomic E-state index is 12.8. The molecule has 8 nitrogen and oxygen atoms in total. The van der Waals surface area contributed by atoms with E-state index in [1.165, 1.54) is 16.0 Å². The SMILES string of the molecule is CCNC(=NCC(=O)N1CCc2ccccc2C1)NCCN1C(=O)C2C3C=CC(C3)C2C1=O. The summed E-state index contributed by atoms with van der Waals surface area (Å²) < 4.78 is 0. The lowest BCUT2D eigenvalue weighted by molar-refractivity contribution is -0.140. The molecule has 5 rings (SSSR count). The quantitative estimate of drug-likeness (QED) is 0.292. The Bertz CT molecular complexity index is 989. The van der Waals surface area contributed by atoms with Crippen LogP contribution in [0.4, 0.5) is 0 Å². The molecule has 4 atom stereocenters. The summed E-state index contributed by atoms with van der Waals surface area (Å²) in [7, 11) is 0. The van der Waals surface area contributed by atoms with E-state index < -0.39 is 0 Å². The van der Waals surface area contributed by atoms with Crippen LogP contribution in [0.15, 0.2) is 41.4 Å². The molecule has 0 spiro atoms. The molecule has 2 N–H and O–H groups in total. The van der Waals surface area contributed by atoms with Crippen LogP contribution >= 0.6 is 0 Å². The van der Waals surface area contributed by atoms with Gasteiger partial charge in [0.05, 0.1) is 11.8 Å². The molecule has 33 heavy (non-hydrogen) atoms. The first-order chi connectivity index (χ1) is 16.1. The van der Waals surface area contributed by atoms with Crippen LogP contribution in [0.25, 0.3) is 0 Å². The highest BCUT2D eigenvalue weighted by Gasteiger charge is 2.58. The first-order valence-corrected chi connectivity index (χ1v) is 12.0. The number of aliphatic imine (C=N–C) groups is 1. The zero-order valence-electron chi connectivity index (χ0n) is 19.0. The number of hydrogen-bond donors (Lipinski definition) is 2. The van der Waals surface area contributed by atoms with Crippen molar-refractivity contribution in [1.82, 2.24) is 20.4 Å². The van der Waals surface area contributed by atoms with E-state index in [-0.39, 0.29) is 47.9 Å². The van der Waals surface area contributed by atoms with E-state index in [9.17, 15) is 14.4 Å². The molecule has 174 valence electrons. The van der Waals surface area contributed by atoms with Gasteiger partial charge in [0.15, 0.2) is 5.96 Å². The summed E-state index contributed by atoms with van der Waals surface area (Å²) in [6.45, 7) is 4.69. The van der Waals surface area contributed by atoms with Gasteiger partial charge in [-0.3, -0.25) is 19.3 Å². The van der Waals surface area contributed by atoms with Gasteiger partial charge >= 0.3 is 0 Å². The predicted molar refractivity (Wildman–Crippen MR) is 124 cm³/mol. The summed E-state index contributed by atoms with van der Waals surface area (Å²) >= 11 is 0. The highest BCUT2D eigenvalue weighted by molar-refractivity contribution is 6.06. The number of guanidine groups is 1. The standard InChI is InChI=1S/C25H31N5O3/c1-2-26-25(28-14-20(31)29-11-9-16-5-3-4-6-19(16)15-29)27-10-12-30-23(32)21-17-7-8-18(13-17)22(21)24(30)33/h3-8,17-18,21-22H,2,9-15H2,1H3,(H2,26,27,28). The summed E-state index contributed by atoms with van der Waals surface area (Å²) in [5, 5.41) is 6.31. The van der Waals surface area contributed by atoms with Crippen molar-refractivity contribution in [1.29, 1.82) is 0 Å². The van der Waals surface area contributed by atoms with Gasteiger partial charge in [0.2, 0.25) is 17.7 Å². The zero-order chi connectivity index (χ0) is 22.9. The van der Waals surface area contributed by atoms with Crippen LogP contribution < -0.4 is 10.6 Å². The Morgan fingerprint density at radius 2 is 1.76 bits per heavy atom. The smallest absolute Gasteiger partial charge is 0.244 e. The highest BCUT2D eigenvalue weighted by atomic mass is 16.2. The average molecular weight is 450 g/mol. The minimum absolute atomic E-state index is 0.0117. The summed E-state index contributed by atoms with van der Waals surface area (Å²) in [4.78, 5) is 46.1. The van der Waals surface area contributed by atoms with Crippen molar-refractivity contribution < 1.29 is 14.4 Å². The fraction of sp³-hybridized carbons (Fsp3) is 0.520. The molecule has 4 unspecified atom stereocenters. The van der Waals surface area contributed by atoms with Gasteiger partial charge in [-0.15, -0.1) is 0 Å². The van der Waals surface area contributed by atoms with Crippen molar-refractivity contribution in [3.8, 4) is 0 Å². The van der Waals surface area contributed by atoms with Crippen LogP contribution in [0.5, 0.6) is 0 Å². The zero-order valence-corrected chi connectivity index (χ0v) is 19.0. The number of nitrogens with zero attached hydrogens (tertiary/aromatic N) is 3. The summed E-state index contributed by atoms with van der Waals surface area (Å²) in [6, 6.07) is 8.22. The summed E-state index contributed by atoms with van der Waals surface area (Å²) in [6.07, 6.45) is 6.01. The van der Waals surface area contributed by atoms with Gasteiger partial charge in [0.1, 0.15) is 6.54 Å². The third-order valence-corrected chi connectivity index (χ3v) is 7.39. The third kappa shape index (κ3) is 4.03. The molecule has 1 saturated carbocycles. The Morgan fingerprint density at radius 3 is 2.45 bits per heavy atom. The summed E-state index contributed by atoms with van der Waals surface area (Å²) in [5.74, 6) is 0.550. The van der Waals surface area contributed by atoms with E-state index in [0.717, 1.165) is 12.8 Å². The lowest BCUT2D eigenvalue weighted by Crippen LogP contribution is -2.44. The minimum atomic E-state index is -0.165. The molecule has 1 saturated heterocycles. The van der Waals surface area contributed by atoms with Crippen LogP contribution in [0, 0.1) is 23.7 Å². The van der Waals surface area contributed by atoms with E-state index in [2.05, 4.69) is 39.9 Å². The van der Waals surface area contributed by atoms with E-state index in [4.69, 9.17) is 0 Å². The first kappa shape index (κ1) is 21.7. The number of carbonyl (C=O) groups is 3. The lowest BCUT2D eigenvalue weighted by Gasteiger charge is -2.28.